The molecule has 0 aromatic heterocycles. The second-order valence-corrected chi connectivity index (χ2v) is 5.12. The van der Waals surface area contributed by atoms with Gasteiger partial charge >= 0.3 is 5.97 Å². The summed E-state index contributed by atoms with van der Waals surface area (Å²) in [4.78, 5) is 13.2. The van der Waals surface area contributed by atoms with Gasteiger partial charge in [-0.25, -0.2) is 0 Å². The zero-order valence-corrected chi connectivity index (χ0v) is 11.4. The van der Waals surface area contributed by atoms with Crippen LogP contribution in [-0.2, 0) is 4.79 Å². The van der Waals surface area contributed by atoms with E-state index in [1.54, 1.807) is 0 Å². The van der Waals surface area contributed by atoms with Crippen LogP contribution in [0.15, 0.2) is 24.3 Å². The fraction of sp³-hybridized carbons (Fsp3) is 0.533. The smallest absolute Gasteiger partial charge is 0.303 e. The van der Waals surface area contributed by atoms with E-state index in [0.717, 1.165) is 26.1 Å². The third-order valence-corrected chi connectivity index (χ3v) is 3.69. The molecular weight excluding hydrogens is 240 g/mol. The second-order valence-electron chi connectivity index (χ2n) is 5.12. The zero-order chi connectivity index (χ0) is 13.7. The van der Waals surface area contributed by atoms with Gasteiger partial charge in [0, 0.05) is 31.2 Å². The van der Waals surface area contributed by atoms with Crippen LogP contribution in [0, 0.1) is 6.92 Å². The minimum atomic E-state index is -0.714. The van der Waals surface area contributed by atoms with E-state index in [1.165, 1.54) is 11.3 Å². The molecule has 0 aliphatic carbocycles. The van der Waals surface area contributed by atoms with Crippen LogP contribution in [0.3, 0.4) is 0 Å². The molecule has 2 rings (SSSR count). The van der Waals surface area contributed by atoms with Gasteiger partial charge in [-0.3, -0.25) is 4.79 Å². The number of rotatable bonds is 4. The molecule has 2 N–H and O–H groups in total. The lowest BCUT2D eigenvalue weighted by molar-refractivity contribution is -0.137. The molecule has 1 aromatic carbocycles. The molecule has 1 aliphatic heterocycles. The summed E-state index contributed by atoms with van der Waals surface area (Å²) in [6.07, 6.45) is 2.02. The number of carboxylic acids is 1. The van der Waals surface area contributed by atoms with Crippen molar-refractivity contribution in [3.63, 3.8) is 0 Å². The SMILES string of the molecule is Cc1ccccc1N1CCCNCC1CCC(=O)O. The lowest BCUT2D eigenvalue weighted by Gasteiger charge is -2.33. The van der Waals surface area contributed by atoms with E-state index < -0.39 is 5.97 Å². The number of nitrogens with zero attached hydrogens (tertiary/aromatic N) is 1. The van der Waals surface area contributed by atoms with Gasteiger partial charge in [-0.1, -0.05) is 18.2 Å². The number of aryl methyl sites for hydroxylation is 1. The van der Waals surface area contributed by atoms with E-state index in [1.807, 2.05) is 6.07 Å². The maximum Gasteiger partial charge on any atom is 0.303 e. The molecule has 1 heterocycles. The van der Waals surface area contributed by atoms with Crippen LogP contribution >= 0.6 is 0 Å². The molecule has 0 radical (unpaired) electrons. The Kier molecular flexibility index (Phi) is 4.80. The Hall–Kier alpha value is -1.55. The molecule has 4 heteroatoms. The molecule has 0 bridgehead atoms. The molecule has 0 saturated carbocycles. The molecule has 104 valence electrons. The maximum absolute atomic E-state index is 10.8. The monoisotopic (exact) mass is 262 g/mol. The summed E-state index contributed by atoms with van der Waals surface area (Å²) in [5, 5.41) is 12.3. The zero-order valence-electron chi connectivity index (χ0n) is 11.4. The fourth-order valence-corrected chi connectivity index (χ4v) is 2.69. The first-order valence-corrected chi connectivity index (χ1v) is 6.93. The minimum absolute atomic E-state index is 0.231. The van der Waals surface area contributed by atoms with Crippen molar-refractivity contribution in [2.45, 2.75) is 32.2 Å². The summed E-state index contributed by atoms with van der Waals surface area (Å²) in [5.41, 5.74) is 2.49. The van der Waals surface area contributed by atoms with Gasteiger partial charge in [-0.05, 0) is 37.9 Å². The first-order chi connectivity index (χ1) is 9.18. The van der Waals surface area contributed by atoms with Crippen molar-refractivity contribution >= 4 is 11.7 Å². The number of hydrogen-bond acceptors (Lipinski definition) is 3. The molecule has 1 saturated heterocycles. The highest BCUT2D eigenvalue weighted by molar-refractivity contribution is 5.67. The van der Waals surface area contributed by atoms with Crippen molar-refractivity contribution < 1.29 is 9.90 Å². The third kappa shape index (κ3) is 3.70. The highest BCUT2D eigenvalue weighted by atomic mass is 16.4. The number of nitrogens with one attached hydrogen (secondary N) is 1. The highest BCUT2D eigenvalue weighted by Crippen LogP contribution is 2.24. The topological polar surface area (TPSA) is 52.6 Å². The molecule has 0 spiro atoms. The van der Waals surface area contributed by atoms with Crippen molar-refractivity contribution in [3.8, 4) is 0 Å². The summed E-state index contributed by atoms with van der Waals surface area (Å²) in [5.74, 6) is -0.714. The fourth-order valence-electron chi connectivity index (χ4n) is 2.69. The second kappa shape index (κ2) is 6.57. The molecule has 1 aromatic rings. The van der Waals surface area contributed by atoms with Crippen LogP contribution in [0.5, 0.6) is 0 Å². The van der Waals surface area contributed by atoms with E-state index in [-0.39, 0.29) is 12.5 Å². The number of anilines is 1. The molecule has 1 aliphatic rings. The van der Waals surface area contributed by atoms with Gasteiger partial charge in [0.2, 0.25) is 0 Å². The van der Waals surface area contributed by atoms with Gasteiger partial charge in [0.25, 0.3) is 0 Å². The van der Waals surface area contributed by atoms with Crippen LogP contribution < -0.4 is 10.2 Å². The molecule has 1 unspecified atom stereocenters. The van der Waals surface area contributed by atoms with Gasteiger partial charge < -0.3 is 15.3 Å². The average molecular weight is 262 g/mol. The summed E-state index contributed by atoms with van der Waals surface area (Å²) >= 11 is 0. The standard InChI is InChI=1S/C15H22N2O2/c1-12-5-2-3-6-14(12)17-10-4-9-16-11-13(17)7-8-15(18)19/h2-3,5-6,13,16H,4,7-11H2,1H3,(H,18,19). The first-order valence-electron chi connectivity index (χ1n) is 6.93. The third-order valence-electron chi connectivity index (χ3n) is 3.69. The van der Waals surface area contributed by atoms with Gasteiger partial charge in [0.1, 0.15) is 0 Å². The van der Waals surface area contributed by atoms with Crippen LogP contribution in [0.1, 0.15) is 24.8 Å². The van der Waals surface area contributed by atoms with Gasteiger partial charge in [0.15, 0.2) is 0 Å². The van der Waals surface area contributed by atoms with E-state index >= 15 is 0 Å². The van der Waals surface area contributed by atoms with Crippen LogP contribution in [0.4, 0.5) is 5.69 Å². The Morgan fingerprint density at radius 3 is 3.00 bits per heavy atom. The number of benzene rings is 1. The van der Waals surface area contributed by atoms with E-state index in [0.29, 0.717) is 6.42 Å². The van der Waals surface area contributed by atoms with Crippen LogP contribution in [0.25, 0.3) is 0 Å². The molecule has 4 nitrogen and oxygen atoms in total. The molecule has 19 heavy (non-hydrogen) atoms. The Labute approximate surface area is 114 Å². The Bertz CT molecular complexity index is 434. The van der Waals surface area contributed by atoms with E-state index in [9.17, 15) is 4.79 Å². The number of aliphatic carboxylic acids is 1. The maximum atomic E-state index is 10.8. The number of hydrogen-bond donors (Lipinski definition) is 2. The van der Waals surface area contributed by atoms with E-state index in [2.05, 4.69) is 35.3 Å². The summed E-state index contributed by atoms with van der Waals surface area (Å²) in [7, 11) is 0. The lowest BCUT2D eigenvalue weighted by atomic mass is 10.1. The van der Waals surface area contributed by atoms with E-state index in [4.69, 9.17) is 5.11 Å². The van der Waals surface area contributed by atoms with Gasteiger partial charge in [-0.2, -0.15) is 0 Å². The quantitative estimate of drug-likeness (QED) is 0.871. The number of para-hydroxylation sites is 1. The predicted molar refractivity (Wildman–Crippen MR) is 76.7 cm³/mol. The van der Waals surface area contributed by atoms with Crippen molar-refractivity contribution in [2.75, 3.05) is 24.5 Å². The molecule has 0 amide bonds. The molecule has 1 atom stereocenters. The summed E-state index contributed by atoms with van der Waals surface area (Å²) < 4.78 is 0. The highest BCUT2D eigenvalue weighted by Gasteiger charge is 2.22. The van der Waals surface area contributed by atoms with Crippen LogP contribution in [-0.4, -0.2) is 36.8 Å². The van der Waals surface area contributed by atoms with Gasteiger partial charge in [0.05, 0.1) is 0 Å². The summed E-state index contributed by atoms with van der Waals surface area (Å²) in [6.45, 7) is 4.97. The normalized spacial score (nSPS) is 20.1. The predicted octanol–water partition coefficient (Wildman–Crippen LogP) is 2.03. The lowest BCUT2D eigenvalue weighted by Crippen LogP contribution is -2.40. The van der Waals surface area contributed by atoms with Crippen LogP contribution in [0.2, 0.25) is 0 Å². The molecular formula is C15H22N2O2. The number of carbonyl (C=O) groups is 1. The minimum Gasteiger partial charge on any atom is -0.481 e. The molecule has 1 fully saturated rings. The van der Waals surface area contributed by atoms with Crippen molar-refractivity contribution in [1.82, 2.24) is 5.32 Å². The van der Waals surface area contributed by atoms with Gasteiger partial charge in [-0.15, -0.1) is 0 Å². The Balaban J connectivity index is 2.17. The van der Waals surface area contributed by atoms with Crippen molar-refractivity contribution in [2.24, 2.45) is 0 Å². The van der Waals surface area contributed by atoms with Crippen molar-refractivity contribution in [3.05, 3.63) is 29.8 Å². The average Bonchev–Trinajstić information content (AvgIpc) is 2.62. The summed E-state index contributed by atoms with van der Waals surface area (Å²) in [6, 6.07) is 8.60. The number of carboxylic acid groups (broad SMARTS) is 1. The first kappa shape index (κ1) is 13.9. The van der Waals surface area contributed by atoms with Crippen molar-refractivity contribution in [1.29, 1.82) is 0 Å². The largest absolute Gasteiger partial charge is 0.481 e. The Morgan fingerprint density at radius 1 is 1.47 bits per heavy atom. The Morgan fingerprint density at radius 2 is 2.26 bits per heavy atom.